The summed E-state index contributed by atoms with van der Waals surface area (Å²) in [5.74, 6) is -1.47. The average Bonchev–Trinajstić information content (AvgIpc) is 2.40. The number of anilines is 1. The van der Waals surface area contributed by atoms with Crippen molar-refractivity contribution in [3.63, 3.8) is 0 Å². The maximum Gasteiger partial charge on any atom is 0.274 e. The van der Waals surface area contributed by atoms with Gasteiger partial charge in [-0.1, -0.05) is 6.07 Å². The summed E-state index contributed by atoms with van der Waals surface area (Å²) in [4.78, 5) is 13.7. The zero-order chi connectivity index (χ0) is 14.7. The van der Waals surface area contributed by atoms with Crippen LogP contribution >= 0.6 is 0 Å². The summed E-state index contributed by atoms with van der Waals surface area (Å²) in [6, 6.07) is 3.52. The number of H-pyrrole nitrogens is 1. The van der Waals surface area contributed by atoms with Gasteiger partial charge in [-0.15, -0.1) is 10.2 Å². The largest absolute Gasteiger partial charge is 0.288 e. The normalized spacial score (nSPS) is 11.5. The van der Waals surface area contributed by atoms with E-state index in [1.807, 2.05) is 0 Å². The zero-order valence-corrected chi connectivity index (χ0v) is 10.7. The highest BCUT2D eigenvalue weighted by Crippen LogP contribution is 2.13. The number of rotatable bonds is 3. The maximum absolute atomic E-state index is 13.5. The van der Waals surface area contributed by atoms with Gasteiger partial charge in [0, 0.05) is 0 Å². The second-order valence-electron chi connectivity index (χ2n) is 3.99. The molecular formula is C12H11F2N5O. The van der Waals surface area contributed by atoms with Crippen molar-refractivity contribution in [3.05, 3.63) is 51.4 Å². The number of aromatic amines is 1. The molecule has 0 aliphatic heterocycles. The van der Waals surface area contributed by atoms with Gasteiger partial charge < -0.3 is 0 Å². The van der Waals surface area contributed by atoms with Crippen LogP contribution in [0.3, 0.4) is 0 Å². The van der Waals surface area contributed by atoms with Gasteiger partial charge >= 0.3 is 0 Å². The zero-order valence-electron chi connectivity index (χ0n) is 10.7. The van der Waals surface area contributed by atoms with Crippen molar-refractivity contribution in [2.45, 2.75) is 13.8 Å². The fourth-order valence-electron chi connectivity index (χ4n) is 1.48. The molecule has 0 atom stereocenters. The number of nitrogens with zero attached hydrogens (tertiary/aromatic N) is 3. The van der Waals surface area contributed by atoms with E-state index in [4.69, 9.17) is 0 Å². The highest BCUT2D eigenvalue weighted by molar-refractivity contribution is 5.99. The van der Waals surface area contributed by atoms with Gasteiger partial charge in [-0.3, -0.25) is 9.78 Å². The molecule has 0 fully saturated rings. The second-order valence-corrected chi connectivity index (χ2v) is 3.99. The highest BCUT2D eigenvalue weighted by Gasteiger charge is 2.11. The van der Waals surface area contributed by atoms with Gasteiger partial charge in [0.05, 0.1) is 11.3 Å². The average molecular weight is 279 g/mol. The van der Waals surface area contributed by atoms with Crippen LogP contribution in [0.5, 0.6) is 0 Å². The third-order valence-corrected chi connectivity index (χ3v) is 2.51. The number of halogens is 2. The molecule has 0 saturated heterocycles. The topological polar surface area (TPSA) is 83.0 Å². The quantitative estimate of drug-likeness (QED) is 0.660. The Labute approximate surface area is 112 Å². The van der Waals surface area contributed by atoms with Crippen LogP contribution in [0.2, 0.25) is 0 Å². The number of aromatic nitrogens is 3. The SMILES string of the molecule is C/C(=N/Nc1nnc(C)c(=O)[nH]1)c1c(F)cccc1F. The number of nitrogens with one attached hydrogen (secondary N) is 2. The minimum absolute atomic E-state index is 0.0169. The molecule has 0 radical (unpaired) electrons. The lowest BCUT2D eigenvalue weighted by molar-refractivity contribution is 0.579. The Morgan fingerprint density at radius 2 is 1.95 bits per heavy atom. The number of hydrazone groups is 1. The van der Waals surface area contributed by atoms with Gasteiger partial charge in [0.2, 0.25) is 5.95 Å². The van der Waals surface area contributed by atoms with E-state index in [2.05, 4.69) is 25.7 Å². The van der Waals surface area contributed by atoms with Crippen molar-refractivity contribution in [1.29, 1.82) is 0 Å². The van der Waals surface area contributed by atoms with Gasteiger partial charge in [0.1, 0.15) is 17.3 Å². The first-order valence-electron chi connectivity index (χ1n) is 5.67. The Bertz CT molecular complexity index is 706. The van der Waals surface area contributed by atoms with Crippen LogP contribution in [0.1, 0.15) is 18.2 Å². The van der Waals surface area contributed by atoms with E-state index < -0.39 is 17.2 Å². The number of aryl methyl sites for hydroxylation is 1. The smallest absolute Gasteiger partial charge is 0.274 e. The summed E-state index contributed by atoms with van der Waals surface area (Å²) in [6.45, 7) is 2.92. The van der Waals surface area contributed by atoms with Crippen LogP contribution in [0.4, 0.5) is 14.7 Å². The fraction of sp³-hybridized carbons (Fsp3) is 0.167. The molecule has 0 bridgehead atoms. The van der Waals surface area contributed by atoms with E-state index in [0.717, 1.165) is 12.1 Å². The molecule has 0 aliphatic rings. The predicted octanol–water partition coefficient (Wildman–Crippen LogP) is 1.59. The van der Waals surface area contributed by atoms with Gasteiger partial charge in [-0.05, 0) is 26.0 Å². The first-order valence-corrected chi connectivity index (χ1v) is 5.67. The van der Waals surface area contributed by atoms with Crippen molar-refractivity contribution >= 4 is 11.7 Å². The Kier molecular flexibility index (Phi) is 3.83. The standard InChI is InChI=1S/C12H11F2N5O/c1-6(10-8(13)4-3-5-9(10)14)16-18-12-15-11(20)7(2)17-19-12/h3-5H,1-2H3,(H2,15,18,19,20)/b16-6-. The lowest BCUT2D eigenvalue weighted by Gasteiger charge is -2.05. The monoisotopic (exact) mass is 279 g/mol. The molecule has 1 aromatic heterocycles. The lowest BCUT2D eigenvalue weighted by Crippen LogP contribution is -2.16. The summed E-state index contributed by atoms with van der Waals surface area (Å²) < 4.78 is 27.0. The molecule has 2 rings (SSSR count). The second kappa shape index (κ2) is 5.55. The molecule has 6 nitrogen and oxygen atoms in total. The van der Waals surface area contributed by atoms with Crippen molar-refractivity contribution < 1.29 is 8.78 Å². The Morgan fingerprint density at radius 3 is 2.55 bits per heavy atom. The van der Waals surface area contributed by atoms with Crippen LogP contribution in [0.25, 0.3) is 0 Å². The predicted molar refractivity (Wildman–Crippen MR) is 69.6 cm³/mol. The first-order chi connectivity index (χ1) is 9.49. The van der Waals surface area contributed by atoms with Gasteiger partial charge in [-0.2, -0.15) is 5.10 Å². The summed E-state index contributed by atoms with van der Waals surface area (Å²) in [6.07, 6.45) is 0. The molecule has 0 amide bonds. The van der Waals surface area contributed by atoms with E-state index in [9.17, 15) is 13.6 Å². The van der Waals surface area contributed by atoms with Crippen molar-refractivity contribution in [1.82, 2.24) is 15.2 Å². The molecule has 0 aliphatic carbocycles. The maximum atomic E-state index is 13.5. The van der Waals surface area contributed by atoms with Crippen molar-refractivity contribution in [2.75, 3.05) is 5.43 Å². The highest BCUT2D eigenvalue weighted by atomic mass is 19.1. The third kappa shape index (κ3) is 2.85. The molecule has 20 heavy (non-hydrogen) atoms. The third-order valence-electron chi connectivity index (χ3n) is 2.51. The molecule has 1 aromatic carbocycles. The summed E-state index contributed by atoms with van der Waals surface area (Å²) in [5.41, 5.74) is 2.00. The molecule has 8 heteroatoms. The molecule has 0 unspecified atom stereocenters. The van der Waals surface area contributed by atoms with Crippen LogP contribution in [-0.2, 0) is 0 Å². The van der Waals surface area contributed by atoms with E-state index in [1.54, 1.807) is 0 Å². The molecule has 104 valence electrons. The van der Waals surface area contributed by atoms with Crippen LogP contribution in [0, 0.1) is 18.6 Å². The Balaban J connectivity index is 2.27. The van der Waals surface area contributed by atoms with Crippen LogP contribution in [-0.4, -0.2) is 20.9 Å². The van der Waals surface area contributed by atoms with E-state index >= 15 is 0 Å². The number of benzene rings is 1. The van der Waals surface area contributed by atoms with E-state index in [1.165, 1.54) is 19.9 Å². The molecule has 2 N–H and O–H groups in total. The summed E-state index contributed by atoms with van der Waals surface area (Å²) in [5, 5.41) is 11.0. The van der Waals surface area contributed by atoms with Crippen molar-refractivity contribution in [2.24, 2.45) is 5.10 Å². The Morgan fingerprint density at radius 1 is 1.30 bits per heavy atom. The summed E-state index contributed by atoms with van der Waals surface area (Å²) >= 11 is 0. The van der Waals surface area contributed by atoms with Crippen LogP contribution in [0.15, 0.2) is 28.1 Å². The molecule has 2 aromatic rings. The minimum Gasteiger partial charge on any atom is -0.288 e. The molecule has 1 heterocycles. The number of hydrogen-bond donors (Lipinski definition) is 2. The van der Waals surface area contributed by atoms with E-state index in [-0.39, 0.29) is 22.9 Å². The molecule has 0 saturated carbocycles. The molecular weight excluding hydrogens is 268 g/mol. The van der Waals surface area contributed by atoms with Gasteiger partial charge in [0.15, 0.2) is 0 Å². The first kappa shape index (κ1) is 13.8. The Hall–Kier alpha value is -2.64. The summed E-state index contributed by atoms with van der Waals surface area (Å²) in [7, 11) is 0. The fourth-order valence-corrected chi connectivity index (χ4v) is 1.48. The molecule has 0 spiro atoms. The van der Waals surface area contributed by atoms with Gasteiger partial charge in [-0.25, -0.2) is 14.2 Å². The van der Waals surface area contributed by atoms with Crippen molar-refractivity contribution in [3.8, 4) is 0 Å². The lowest BCUT2D eigenvalue weighted by atomic mass is 10.1. The van der Waals surface area contributed by atoms with Gasteiger partial charge in [0.25, 0.3) is 5.56 Å². The van der Waals surface area contributed by atoms with Crippen LogP contribution < -0.4 is 11.0 Å². The van der Waals surface area contributed by atoms with E-state index in [0.29, 0.717) is 0 Å². The number of hydrogen-bond acceptors (Lipinski definition) is 5. The minimum atomic E-state index is -0.725.